The normalized spacial score (nSPS) is 23.0. The van der Waals surface area contributed by atoms with E-state index in [0.717, 1.165) is 0 Å². The number of hydrogen-bond donors (Lipinski definition) is 2. The van der Waals surface area contributed by atoms with Crippen molar-refractivity contribution in [2.24, 2.45) is 0 Å². The minimum absolute atomic E-state index is 0.482. The van der Waals surface area contributed by atoms with Crippen molar-refractivity contribution in [3.05, 3.63) is 32.7 Å². The van der Waals surface area contributed by atoms with Crippen LogP contribution in [0.15, 0.2) is 21.3 Å². The Balaban J connectivity index is 2.29. The molecule has 0 aliphatic carbocycles. The second kappa shape index (κ2) is 3.39. The fourth-order valence-electron chi connectivity index (χ4n) is 1.81. The Labute approximate surface area is 107 Å². The minimum atomic E-state index is -0.957. The maximum atomic E-state index is 10.1. The van der Waals surface area contributed by atoms with E-state index in [9.17, 15) is 10.2 Å². The summed E-state index contributed by atoms with van der Waals surface area (Å²) < 4.78 is 3.99. The SMILES string of the molecule is O[C@@H]1c2c(Br)cnn2[C@@H](O)c2c(Br)cnn21. The third kappa shape index (κ3) is 1.18. The summed E-state index contributed by atoms with van der Waals surface area (Å²) in [6.45, 7) is 0. The zero-order chi connectivity index (χ0) is 11.4. The molecule has 1 aliphatic heterocycles. The molecule has 0 amide bonds. The van der Waals surface area contributed by atoms with Crippen LogP contribution in [-0.2, 0) is 0 Å². The molecular formula is C8H6Br2N4O2. The molecule has 0 aromatic carbocycles. The summed E-state index contributed by atoms with van der Waals surface area (Å²) in [4.78, 5) is 0. The highest BCUT2D eigenvalue weighted by Crippen LogP contribution is 2.37. The maximum Gasteiger partial charge on any atom is 0.191 e. The van der Waals surface area contributed by atoms with E-state index in [-0.39, 0.29) is 0 Å². The Kier molecular flexibility index (Phi) is 2.22. The Morgan fingerprint density at radius 3 is 1.69 bits per heavy atom. The molecule has 6 nitrogen and oxygen atoms in total. The molecule has 1 aliphatic rings. The van der Waals surface area contributed by atoms with Gasteiger partial charge < -0.3 is 10.2 Å². The third-order valence-electron chi connectivity index (χ3n) is 2.53. The zero-order valence-electron chi connectivity index (χ0n) is 7.75. The van der Waals surface area contributed by atoms with Gasteiger partial charge in [-0.1, -0.05) is 0 Å². The van der Waals surface area contributed by atoms with Crippen molar-refractivity contribution in [3.8, 4) is 0 Å². The van der Waals surface area contributed by atoms with Gasteiger partial charge in [-0.3, -0.25) is 0 Å². The average Bonchev–Trinajstić information content (AvgIpc) is 2.80. The van der Waals surface area contributed by atoms with Crippen LogP contribution < -0.4 is 0 Å². The molecule has 3 heterocycles. The van der Waals surface area contributed by atoms with E-state index in [4.69, 9.17) is 0 Å². The van der Waals surface area contributed by atoms with Crippen molar-refractivity contribution in [1.82, 2.24) is 19.6 Å². The van der Waals surface area contributed by atoms with E-state index in [1.165, 1.54) is 21.8 Å². The molecule has 8 heteroatoms. The largest absolute Gasteiger partial charge is 0.367 e. The van der Waals surface area contributed by atoms with E-state index in [0.29, 0.717) is 20.3 Å². The summed E-state index contributed by atoms with van der Waals surface area (Å²) in [7, 11) is 0. The van der Waals surface area contributed by atoms with Crippen molar-refractivity contribution >= 4 is 31.9 Å². The van der Waals surface area contributed by atoms with Crippen LogP contribution in [0, 0.1) is 0 Å². The van der Waals surface area contributed by atoms with Crippen molar-refractivity contribution in [2.45, 2.75) is 12.5 Å². The summed E-state index contributed by atoms with van der Waals surface area (Å²) >= 11 is 6.54. The smallest absolute Gasteiger partial charge is 0.191 e. The van der Waals surface area contributed by atoms with Gasteiger partial charge >= 0.3 is 0 Å². The van der Waals surface area contributed by atoms with Gasteiger partial charge in [0.2, 0.25) is 0 Å². The number of nitrogens with zero attached hydrogens (tertiary/aromatic N) is 4. The van der Waals surface area contributed by atoms with Crippen molar-refractivity contribution < 1.29 is 10.2 Å². The first-order valence-electron chi connectivity index (χ1n) is 4.43. The van der Waals surface area contributed by atoms with Crippen LogP contribution in [0.3, 0.4) is 0 Å². The molecule has 0 saturated heterocycles. The van der Waals surface area contributed by atoms with Gasteiger partial charge in [0.15, 0.2) is 12.5 Å². The number of aliphatic hydroxyl groups is 2. The number of fused-ring (bicyclic) bond motifs is 2. The predicted octanol–water partition coefficient (Wildman–Crippen LogP) is 0.996. The number of aromatic nitrogens is 4. The molecule has 0 unspecified atom stereocenters. The lowest BCUT2D eigenvalue weighted by atomic mass is 10.2. The van der Waals surface area contributed by atoms with Crippen molar-refractivity contribution in [1.29, 1.82) is 0 Å². The summed E-state index contributed by atoms with van der Waals surface area (Å²) in [5.74, 6) is 0. The van der Waals surface area contributed by atoms with E-state index < -0.39 is 12.5 Å². The van der Waals surface area contributed by atoms with E-state index >= 15 is 0 Å². The Morgan fingerprint density at radius 2 is 1.31 bits per heavy atom. The summed E-state index contributed by atoms with van der Waals surface area (Å²) in [5.41, 5.74) is 0.964. The zero-order valence-corrected chi connectivity index (χ0v) is 10.9. The molecule has 0 saturated carbocycles. The van der Waals surface area contributed by atoms with Gasteiger partial charge in [0, 0.05) is 0 Å². The standard InChI is InChI=1S/C8H6Br2N4O2/c9-3-1-11-13-5(3)7(15)14-6(8(13)16)4(10)2-12-14/h1-2,7-8,15-16H/t7-,8+. The first-order valence-corrected chi connectivity index (χ1v) is 6.02. The number of hydrogen-bond acceptors (Lipinski definition) is 4. The lowest BCUT2D eigenvalue weighted by Crippen LogP contribution is -2.30. The summed E-state index contributed by atoms with van der Waals surface area (Å²) in [6.07, 6.45) is 1.15. The minimum Gasteiger partial charge on any atom is -0.367 e. The summed E-state index contributed by atoms with van der Waals surface area (Å²) in [6, 6.07) is 0. The molecule has 0 spiro atoms. The number of aliphatic hydroxyl groups excluding tert-OH is 2. The molecule has 0 radical (unpaired) electrons. The Hall–Kier alpha value is -0.700. The molecule has 0 bridgehead atoms. The number of rotatable bonds is 0. The quantitative estimate of drug-likeness (QED) is 0.743. The molecule has 84 valence electrons. The molecule has 2 N–H and O–H groups in total. The predicted molar refractivity (Wildman–Crippen MR) is 60.6 cm³/mol. The topological polar surface area (TPSA) is 76.1 Å². The first kappa shape index (κ1) is 10.5. The van der Waals surface area contributed by atoms with Gasteiger partial charge in [0.25, 0.3) is 0 Å². The van der Waals surface area contributed by atoms with Crippen LogP contribution in [0.5, 0.6) is 0 Å². The Morgan fingerprint density at radius 1 is 0.938 bits per heavy atom. The van der Waals surface area contributed by atoms with Gasteiger partial charge in [0.05, 0.1) is 21.3 Å². The van der Waals surface area contributed by atoms with E-state index in [1.54, 1.807) is 0 Å². The van der Waals surface area contributed by atoms with Gasteiger partial charge in [-0.15, -0.1) is 0 Å². The van der Waals surface area contributed by atoms with Gasteiger partial charge in [-0.05, 0) is 31.9 Å². The van der Waals surface area contributed by atoms with Crippen LogP contribution in [0.2, 0.25) is 0 Å². The third-order valence-corrected chi connectivity index (χ3v) is 3.75. The van der Waals surface area contributed by atoms with Gasteiger partial charge in [-0.25, -0.2) is 9.36 Å². The monoisotopic (exact) mass is 348 g/mol. The first-order chi connectivity index (χ1) is 7.61. The Bertz CT molecular complexity index is 514. The van der Waals surface area contributed by atoms with Crippen LogP contribution in [0.1, 0.15) is 23.8 Å². The second-order valence-corrected chi connectivity index (χ2v) is 5.10. The van der Waals surface area contributed by atoms with Crippen LogP contribution in [-0.4, -0.2) is 29.8 Å². The van der Waals surface area contributed by atoms with Gasteiger partial charge in [-0.2, -0.15) is 10.2 Å². The molecule has 2 aromatic rings. The van der Waals surface area contributed by atoms with Crippen molar-refractivity contribution in [3.63, 3.8) is 0 Å². The lowest BCUT2D eigenvalue weighted by Gasteiger charge is -2.26. The molecule has 2 atom stereocenters. The molecule has 2 aromatic heterocycles. The van der Waals surface area contributed by atoms with Crippen molar-refractivity contribution in [2.75, 3.05) is 0 Å². The fourth-order valence-corrected chi connectivity index (χ4v) is 2.76. The van der Waals surface area contributed by atoms with Crippen LogP contribution in [0.25, 0.3) is 0 Å². The second-order valence-electron chi connectivity index (χ2n) is 3.39. The highest BCUT2D eigenvalue weighted by molar-refractivity contribution is 9.10. The van der Waals surface area contributed by atoms with Gasteiger partial charge in [0.1, 0.15) is 11.4 Å². The molecule has 0 fully saturated rings. The highest BCUT2D eigenvalue weighted by Gasteiger charge is 2.34. The molecule has 16 heavy (non-hydrogen) atoms. The summed E-state index contributed by atoms with van der Waals surface area (Å²) in [5, 5.41) is 28.2. The molecule has 3 rings (SSSR count). The van der Waals surface area contributed by atoms with E-state index in [2.05, 4.69) is 42.1 Å². The van der Waals surface area contributed by atoms with Crippen LogP contribution in [0.4, 0.5) is 0 Å². The van der Waals surface area contributed by atoms with E-state index in [1.807, 2.05) is 0 Å². The lowest BCUT2D eigenvalue weighted by molar-refractivity contribution is 0.0416. The fraction of sp³-hybridized carbons (Fsp3) is 0.250. The van der Waals surface area contributed by atoms with Crippen LogP contribution >= 0.6 is 31.9 Å². The maximum absolute atomic E-state index is 10.1. The average molecular weight is 350 g/mol. The molecular weight excluding hydrogens is 344 g/mol. The number of halogens is 2. The highest BCUT2D eigenvalue weighted by atomic mass is 79.9.